The van der Waals surface area contributed by atoms with Crippen LogP contribution in [0.2, 0.25) is 0 Å². The van der Waals surface area contributed by atoms with Crippen molar-refractivity contribution in [2.75, 3.05) is 19.0 Å². The summed E-state index contributed by atoms with van der Waals surface area (Å²) in [5.74, 6) is -0.886. The van der Waals surface area contributed by atoms with Crippen LogP contribution < -0.4 is 16.0 Å². The summed E-state index contributed by atoms with van der Waals surface area (Å²) in [7, 11) is 1.69. The minimum absolute atomic E-state index is 0.0756. The number of para-hydroxylation sites is 1. The molecule has 0 spiro atoms. The molecule has 2 rings (SSSR count). The number of urea groups is 1. The predicted molar refractivity (Wildman–Crippen MR) is 94.4 cm³/mol. The molecule has 1 aliphatic carbocycles. The highest BCUT2D eigenvalue weighted by atomic mass is 16.5. The zero-order valence-corrected chi connectivity index (χ0v) is 14.6. The van der Waals surface area contributed by atoms with Crippen molar-refractivity contribution >= 4 is 23.6 Å². The summed E-state index contributed by atoms with van der Waals surface area (Å²) in [6, 6.07) is 6.35. The van der Waals surface area contributed by atoms with Gasteiger partial charge in [-0.15, -0.1) is 0 Å². The fourth-order valence-corrected chi connectivity index (χ4v) is 2.99. The van der Waals surface area contributed by atoms with Gasteiger partial charge in [0.1, 0.15) is 0 Å². The van der Waals surface area contributed by atoms with E-state index >= 15 is 0 Å². The Balaban J connectivity index is 1.78. The fourth-order valence-electron chi connectivity index (χ4n) is 2.99. The van der Waals surface area contributed by atoms with Crippen LogP contribution in [0.15, 0.2) is 24.3 Å². The standard InChI is InChI=1S/C18H25N3O4/c1-12-7-3-5-9-14(12)20-18(24)21-16(22)11-25-17(23)13-8-4-6-10-15(13)19-2/h4,6,8,10,12,14,19H,3,5,7,9,11H2,1-2H3,(H2,20,21,22,24)/t12-,14-/m1/s1. The first-order chi connectivity index (χ1) is 12.0. The largest absolute Gasteiger partial charge is 0.452 e. The number of nitrogens with one attached hydrogen (secondary N) is 3. The maximum absolute atomic E-state index is 12.0. The third-order valence-electron chi connectivity index (χ3n) is 4.43. The minimum Gasteiger partial charge on any atom is -0.452 e. The van der Waals surface area contributed by atoms with Crippen LogP contribution in [0.3, 0.4) is 0 Å². The van der Waals surface area contributed by atoms with Gasteiger partial charge in [-0.25, -0.2) is 9.59 Å². The first-order valence-corrected chi connectivity index (χ1v) is 8.55. The van der Waals surface area contributed by atoms with Gasteiger partial charge in [-0.2, -0.15) is 0 Å². The molecule has 1 aliphatic rings. The van der Waals surface area contributed by atoms with E-state index in [1.54, 1.807) is 31.3 Å². The lowest BCUT2D eigenvalue weighted by Gasteiger charge is -2.29. The van der Waals surface area contributed by atoms with E-state index in [0.29, 0.717) is 17.2 Å². The van der Waals surface area contributed by atoms with Gasteiger partial charge in [0.2, 0.25) is 0 Å². The highest BCUT2D eigenvalue weighted by Gasteiger charge is 2.23. The summed E-state index contributed by atoms with van der Waals surface area (Å²) >= 11 is 0. The maximum Gasteiger partial charge on any atom is 0.340 e. The SMILES string of the molecule is CNc1ccccc1C(=O)OCC(=O)NC(=O)N[C@@H]1CCCC[C@H]1C. The molecule has 1 saturated carbocycles. The summed E-state index contributed by atoms with van der Waals surface area (Å²) in [4.78, 5) is 35.7. The first-order valence-electron chi connectivity index (χ1n) is 8.55. The molecule has 7 nitrogen and oxygen atoms in total. The van der Waals surface area contributed by atoms with Crippen LogP contribution in [0.4, 0.5) is 10.5 Å². The van der Waals surface area contributed by atoms with E-state index in [9.17, 15) is 14.4 Å². The molecule has 1 aromatic rings. The molecule has 3 amide bonds. The number of rotatable bonds is 5. The topological polar surface area (TPSA) is 96.5 Å². The number of imide groups is 1. The normalized spacial score (nSPS) is 19.6. The average molecular weight is 347 g/mol. The average Bonchev–Trinajstić information content (AvgIpc) is 2.61. The molecule has 7 heteroatoms. The number of esters is 1. The Hall–Kier alpha value is -2.57. The molecule has 1 aromatic carbocycles. The number of amides is 3. The first kappa shape index (κ1) is 18.8. The second kappa shape index (κ2) is 9.05. The molecule has 2 atom stereocenters. The molecule has 0 heterocycles. The molecule has 0 radical (unpaired) electrons. The van der Waals surface area contributed by atoms with Crippen LogP contribution in [0, 0.1) is 5.92 Å². The summed E-state index contributed by atoms with van der Waals surface area (Å²) < 4.78 is 4.97. The molecule has 25 heavy (non-hydrogen) atoms. The Morgan fingerprint density at radius 3 is 2.60 bits per heavy atom. The molecule has 0 aromatic heterocycles. The van der Waals surface area contributed by atoms with Crippen molar-refractivity contribution in [1.29, 1.82) is 0 Å². The number of carbonyl (C=O) groups is 3. The van der Waals surface area contributed by atoms with Gasteiger partial charge in [0.25, 0.3) is 5.91 Å². The molecule has 136 valence electrons. The van der Waals surface area contributed by atoms with Gasteiger partial charge >= 0.3 is 12.0 Å². The smallest absolute Gasteiger partial charge is 0.340 e. The van der Waals surface area contributed by atoms with Crippen molar-refractivity contribution in [1.82, 2.24) is 10.6 Å². The Labute approximate surface area is 147 Å². The second-order valence-corrected chi connectivity index (χ2v) is 6.26. The van der Waals surface area contributed by atoms with Gasteiger partial charge < -0.3 is 15.4 Å². The fraction of sp³-hybridized carbons (Fsp3) is 0.500. The van der Waals surface area contributed by atoms with Gasteiger partial charge in [0.05, 0.1) is 5.56 Å². The molecule has 0 saturated heterocycles. The van der Waals surface area contributed by atoms with Gasteiger partial charge in [0, 0.05) is 18.8 Å². The number of hydrogen-bond acceptors (Lipinski definition) is 5. The highest BCUT2D eigenvalue weighted by Crippen LogP contribution is 2.23. The Morgan fingerprint density at radius 2 is 1.88 bits per heavy atom. The van der Waals surface area contributed by atoms with E-state index in [4.69, 9.17) is 4.74 Å². The van der Waals surface area contributed by atoms with E-state index in [2.05, 4.69) is 22.9 Å². The summed E-state index contributed by atoms with van der Waals surface area (Å²) in [6.07, 6.45) is 4.23. The lowest BCUT2D eigenvalue weighted by atomic mass is 9.86. The van der Waals surface area contributed by atoms with Crippen LogP contribution in [0.25, 0.3) is 0 Å². The Morgan fingerprint density at radius 1 is 1.16 bits per heavy atom. The van der Waals surface area contributed by atoms with Crippen molar-refractivity contribution < 1.29 is 19.1 Å². The van der Waals surface area contributed by atoms with Gasteiger partial charge in [-0.3, -0.25) is 10.1 Å². The number of anilines is 1. The van der Waals surface area contributed by atoms with E-state index in [1.807, 2.05) is 0 Å². The van der Waals surface area contributed by atoms with Gasteiger partial charge in [-0.05, 0) is 30.9 Å². The maximum atomic E-state index is 12.0. The van der Waals surface area contributed by atoms with Crippen LogP contribution in [-0.4, -0.2) is 37.6 Å². The van der Waals surface area contributed by atoms with Crippen LogP contribution in [0.1, 0.15) is 43.0 Å². The summed E-state index contributed by atoms with van der Waals surface area (Å²) in [5, 5.41) is 7.90. The molecular formula is C18H25N3O4. The predicted octanol–water partition coefficient (Wildman–Crippen LogP) is 2.29. The van der Waals surface area contributed by atoms with Crippen molar-refractivity contribution in [3.8, 4) is 0 Å². The van der Waals surface area contributed by atoms with E-state index in [-0.39, 0.29) is 6.04 Å². The summed E-state index contributed by atoms with van der Waals surface area (Å²) in [5.41, 5.74) is 0.940. The number of ether oxygens (including phenoxy) is 1. The zero-order valence-electron chi connectivity index (χ0n) is 14.6. The van der Waals surface area contributed by atoms with Crippen LogP contribution in [0.5, 0.6) is 0 Å². The third kappa shape index (κ3) is 5.48. The van der Waals surface area contributed by atoms with Gasteiger partial charge in [0.15, 0.2) is 6.61 Å². The number of hydrogen-bond donors (Lipinski definition) is 3. The van der Waals surface area contributed by atoms with E-state index in [0.717, 1.165) is 19.3 Å². The monoisotopic (exact) mass is 347 g/mol. The molecule has 0 unspecified atom stereocenters. The van der Waals surface area contributed by atoms with Crippen molar-refractivity contribution in [2.45, 2.75) is 38.6 Å². The van der Waals surface area contributed by atoms with Crippen LogP contribution in [-0.2, 0) is 9.53 Å². The Bertz CT molecular complexity index is 633. The second-order valence-electron chi connectivity index (χ2n) is 6.26. The van der Waals surface area contributed by atoms with Gasteiger partial charge in [-0.1, -0.05) is 31.9 Å². The van der Waals surface area contributed by atoms with Crippen molar-refractivity contribution in [2.24, 2.45) is 5.92 Å². The quantitative estimate of drug-likeness (QED) is 0.710. The summed E-state index contributed by atoms with van der Waals surface area (Å²) in [6.45, 7) is 1.58. The van der Waals surface area contributed by atoms with E-state index in [1.165, 1.54) is 6.42 Å². The minimum atomic E-state index is -0.656. The van der Waals surface area contributed by atoms with E-state index < -0.39 is 24.5 Å². The highest BCUT2D eigenvalue weighted by molar-refractivity contribution is 5.99. The molecule has 3 N–H and O–H groups in total. The number of benzene rings is 1. The number of carbonyl (C=O) groups excluding carboxylic acids is 3. The molecule has 0 bridgehead atoms. The Kier molecular flexibility index (Phi) is 6.80. The van der Waals surface area contributed by atoms with Crippen LogP contribution >= 0.6 is 0 Å². The lowest BCUT2D eigenvalue weighted by molar-refractivity contribution is -0.123. The molecule has 1 fully saturated rings. The molecule has 0 aliphatic heterocycles. The third-order valence-corrected chi connectivity index (χ3v) is 4.43. The molecular weight excluding hydrogens is 322 g/mol. The lowest BCUT2D eigenvalue weighted by Crippen LogP contribution is -2.48. The van der Waals surface area contributed by atoms with Crippen molar-refractivity contribution in [3.05, 3.63) is 29.8 Å². The zero-order chi connectivity index (χ0) is 18.2. The van der Waals surface area contributed by atoms with Crippen molar-refractivity contribution in [3.63, 3.8) is 0 Å².